The van der Waals surface area contributed by atoms with Crippen LogP contribution in [0.25, 0.3) is 11.3 Å². The Morgan fingerprint density at radius 1 is 1.25 bits per heavy atom. The van der Waals surface area contributed by atoms with E-state index in [2.05, 4.69) is 60.0 Å². The number of hydrogen-bond donors (Lipinski definition) is 0. The molecule has 0 bridgehead atoms. The van der Waals surface area contributed by atoms with Gasteiger partial charge in [0.15, 0.2) is 0 Å². The number of nitrogens with zero attached hydrogens (tertiary/aromatic N) is 3. The summed E-state index contributed by atoms with van der Waals surface area (Å²) in [7, 11) is 0. The number of carbonyl (C=O) groups excluding carboxylic acids is 1. The predicted molar refractivity (Wildman–Crippen MR) is 111 cm³/mol. The zero-order valence-electron chi connectivity index (χ0n) is 17.3. The van der Waals surface area contributed by atoms with Crippen molar-refractivity contribution in [1.82, 2.24) is 10.1 Å². The molecule has 4 rings (SSSR count). The molecule has 0 radical (unpaired) electrons. The maximum atomic E-state index is 13.0. The summed E-state index contributed by atoms with van der Waals surface area (Å²) in [5.41, 5.74) is 4.20. The van der Waals surface area contributed by atoms with Gasteiger partial charge in [-0.05, 0) is 46.0 Å². The monoisotopic (exact) mass is 381 g/mol. The molecule has 1 aromatic carbocycles. The van der Waals surface area contributed by atoms with Crippen molar-refractivity contribution in [1.29, 1.82) is 0 Å². The zero-order valence-corrected chi connectivity index (χ0v) is 17.3. The standard InChI is InChI=1S/C23H31N3O2/c1-4-17(3)26(22(27)19-11-12-19)15-20-21(18-9-7-16(2)8-10-18)24-28-23(20)25-13-5-6-14-25/h7-10,17,19H,4-6,11-15H2,1-3H3/t17-/m0/s1. The van der Waals surface area contributed by atoms with Crippen LogP contribution in [0.15, 0.2) is 28.8 Å². The molecule has 2 fully saturated rings. The second kappa shape index (κ2) is 7.98. The summed E-state index contributed by atoms with van der Waals surface area (Å²) in [5.74, 6) is 1.36. The van der Waals surface area contributed by atoms with Crippen LogP contribution >= 0.6 is 0 Å². The Bertz CT molecular complexity index is 817. The smallest absolute Gasteiger partial charge is 0.232 e. The van der Waals surface area contributed by atoms with Gasteiger partial charge in [-0.3, -0.25) is 4.79 Å². The van der Waals surface area contributed by atoms with Gasteiger partial charge in [-0.2, -0.15) is 0 Å². The summed E-state index contributed by atoms with van der Waals surface area (Å²) in [6, 6.07) is 8.61. The van der Waals surface area contributed by atoms with Crippen LogP contribution in [0, 0.1) is 12.8 Å². The van der Waals surface area contributed by atoms with Crippen LogP contribution in [-0.4, -0.2) is 35.1 Å². The highest BCUT2D eigenvalue weighted by Gasteiger charge is 2.36. The second-order valence-electron chi connectivity index (χ2n) is 8.37. The Morgan fingerprint density at radius 2 is 1.93 bits per heavy atom. The molecule has 0 unspecified atom stereocenters. The van der Waals surface area contributed by atoms with Crippen molar-refractivity contribution in [2.24, 2.45) is 5.92 Å². The zero-order chi connectivity index (χ0) is 19.7. The Kier molecular flexibility index (Phi) is 5.42. The largest absolute Gasteiger partial charge is 0.340 e. The molecule has 1 aliphatic carbocycles. The number of benzene rings is 1. The molecular weight excluding hydrogens is 350 g/mol. The van der Waals surface area contributed by atoms with Crippen LogP contribution in [0.5, 0.6) is 0 Å². The Balaban J connectivity index is 1.72. The molecule has 5 heteroatoms. The van der Waals surface area contributed by atoms with Gasteiger partial charge in [0.2, 0.25) is 11.8 Å². The second-order valence-corrected chi connectivity index (χ2v) is 8.37. The molecular formula is C23H31N3O2. The maximum absolute atomic E-state index is 13.0. The van der Waals surface area contributed by atoms with Crippen molar-refractivity contribution in [2.45, 2.75) is 65.5 Å². The molecule has 1 aliphatic heterocycles. The Labute approximate surface area is 167 Å². The van der Waals surface area contributed by atoms with Crippen LogP contribution in [-0.2, 0) is 11.3 Å². The van der Waals surface area contributed by atoms with E-state index >= 15 is 0 Å². The normalized spacial score (nSPS) is 17.8. The van der Waals surface area contributed by atoms with E-state index in [1.165, 1.54) is 18.4 Å². The molecule has 1 atom stereocenters. The number of anilines is 1. The van der Waals surface area contributed by atoms with Crippen LogP contribution in [0.3, 0.4) is 0 Å². The third-order valence-electron chi connectivity index (χ3n) is 6.15. The first-order valence-electron chi connectivity index (χ1n) is 10.7. The van der Waals surface area contributed by atoms with E-state index in [4.69, 9.17) is 4.52 Å². The van der Waals surface area contributed by atoms with Gasteiger partial charge in [-0.15, -0.1) is 0 Å². The minimum atomic E-state index is 0.209. The molecule has 1 saturated carbocycles. The molecule has 0 spiro atoms. The molecule has 2 aromatic rings. The first-order valence-corrected chi connectivity index (χ1v) is 10.7. The van der Waals surface area contributed by atoms with Crippen LogP contribution < -0.4 is 4.90 Å². The minimum Gasteiger partial charge on any atom is -0.340 e. The quantitative estimate of drug-likeness (QED) is 0.692. The fourth-order valence-electron chi connectivity index (χ4n) is 3.96. The summed E-state index contributed by atoms with van der Waals surface area (Å²) in [6.45, 7) is 8.94. The van der Waals surface area contributed by atoms with Gasteiger partial charge < -0.3 is 14.3 Å². The topological polar surface area (TPSA) is 49.6 Å². The summed E-state index contributed by atoms with van der Waals surface area (Å²) in [4.78, 5) is 17.4. The average Bonchev–Trinajstić information content (AvgIpc) is 3.25. The number of rotatable bonds is 7. The SMILES string of the molecule is CC[C@H](C)N(Cc1c(-c2ccc(C)cc2)noc1N1CCCC1)C(=O)C1CC1. The van der Waals surface area contributed by atoms with Crippen molar-refractivity contribution in [3.8, 4) is 11.3 Å². The molecule has 1 amide bonds. The van der Waals surface area contributed by atoms with Crippen molar-refractivity contribution < 1.29 is 9.32 Å². The van der Waals surface area contributed by atoms with Gasteiger partial charge in [-0.25, -0.2) is 0 Å². The van der Waals surface area contributed by atoms with E-state index < -0.39 is 0 Å². The van der Waals surface area contributed by atoms with Gasteiger partial charge in [0, 0.05) is 30.6 Å². The van der Waals surface area contributed by atoms with Crippen LogP contribution in [0.4, 0.5) is 5.88 Å². The molecule has 150 valence electrons. The highest BCUT2D eigenvalue weighted by molar-refractivity contribution is 5.82. The lowest BCUT2D eigenvalue weighted by Crippen LogP contribution is -2.39. The predicted octanol–water partition coefficient (Wildman–Crippen LogP) is 4.79. The molecule has 1 saturated heterocycles. The fourth-order valence-corrected chi connectivity index (χ4v) is 3.96. The lowest BCUT2D eigenvalue weighted by Gasteiger charge is -2.29. The van der Waals surface area contributed by atoms with Crippen LogP contribution in [0.2, 0.25) is 0 Å². The Morgan fingerprint density at radius 3 is 2.54 bits per heavy atom. The number of aromatic nitrogens is 1. The Hall–Kier alpha value is -2.30. The van der Waals surface area contributed by atoms with E-state index in [0.717, 1.165) is 55.1 Å². The van der Waals surface area contributed by atoms with Crippen LogP contribution in [0.1, 0.15) is 57.1 Å². The van der Waals surface area contributed by atoms with Crippen molar-refractivity contribution >= 4 is 11.8 Å². The van der Waals surface area contributed by atoms with E-state index in [0.29, 0.717) is 6.54 Å². The third-order valence-corrected chi connectivity index (χ3v) is 6.15. The fraction of sp³-hybridized carbons (Fsp3) is 0.565. The number of aryl methyl sites for hydroxylation is 1. The summed E-state index contributed by atoms with van der Waals surface area (Å²) in [5, 5.41) is 4.46. The van der Waals surface area contributed by atoms with E-state index in [9.17, 15) is 4.79 Å². The van der Waals surface area contributed by atoms with Crippen molar-refractivity contribution in [3.63, 3.8) is 0 Å². The molecule has 28 heavy (non-hydrogen) atoms. The van der Waals surface area contributed by atoms with E-state index in [1.54, 1.807) is 0 Å². The lowest BCUT2D eigenvalue weighted by atomic mass is 10.0. The van der Waals surface area contributed by atoms with Gasteiger partial charge in [0.05, 0.1) is 12.1 Å². The maximum Gasteiger partial charge on any atom is 0.232 e. The highest BCUT2D eigenvalue weighted by atomic mass is 16.5. The summed E-state index contributed by atoms with van der Waals surface area (Å²) >= 11 is 0. The molecule has 5 nitrogen and oxygen atoms in total. The summed E-state index contributed by atoms with van der Waals surface area (Å²) in [6.07, 6.45) is 5.35. The first-order chi connectivity index (χ1) is 13.6. The minimum absolute atomic E-state index is 0.209. The molecule has 2 aliphatic rings. The van der Waals surface area contributed by atoms with Crippen molar-refractivity contribution in [2.75, 3.05) is 18.0 Å². The highest BCUT2D eigenvalue weighted by Crippen LogP contribution is 2.37. The first kappa shape index (κ1) is 19.0. The number of carbonyl (C=O) groups is 1. The van der Waals surface area contributed by atoms with E-state index in [-0.39, 0.29) is 17.9 Å². The van der Waals surface area contributed by atoms with Gasteiger partial charge >= 0.3 is 0 Å². The van der Waals surface area contributed by atoms with Gasteiger partial charge in [0.1, 0.15) is 5.69 Å². The summed E-state index contributed by atoms with van der Waals surface area (Å²) < 4.78 is 5.87. The van der Waals surface area contributed by atoms with E-state index in [1.807, 2.05) is 0 Å². The molecule has 1 aromatic heterocycles. The number of amides is 1. The van der Waals surface area contributed by atoms with Crippen molar-refractivity contribution in [3.05, 3.63) is 35.4 Å². The molecule has 2 heterocycles. The average molecular weight is 382 g/mol. The van der Waals surface area contributed by atoms with Gasteiger partial charge in [-0.1, -0.05) is 41.9 Å². The van der Waals surface area contributed by atoms with Gasteiger partial charge in [0.25, 0.3) is 0 Å². The number of hydrogen-bond acceptors (Lipinski definition) is 4. The third kappa shape index (κ3) is 3.80. The molecule has 0 N–H and O–H groups in total. The lowest BCUT2D eigenvalue weighted by molar-refractivity contribution is -0.135.